The Morgan fingerprint density at radius 1 is 1.30 bits per heavy atom. The van der Waals surface area contributed by atoms with Crippen molar-refractivity contribution in [1.82, 2.24) is 5.32 Å². The number of amides is 1. The summed E-state index contributed by atoms with van der Waals surface area (Å²) >= 11 is 0. The molecule has 2 unspecified atom stereocenters. The second-order valence-electron chi connectivity index (χ2n) is 6.02. The van der Waals surface area contributed by atoms with E-state index in [2.05, 4.69) is 17.4 Å². The average molecular weight is 274 g/mol. The third kappa shape index (κ3) is 4.34. The van der Waals surface area contributed by atoms with Gasteiger partial charge in [0.05, 0.1) is 6.04 Å². The lowest BCUT2D eigenvalue weighted by Crippen LogP contribution is -2.33. The second-order valence-corrected chi connectivity index (χ2v) is 6.02. The van der Waals surface area contributed by atoms with E-state index in [4.69, 9.17) is 5.73 Å². The van der Waals surface area contributed by atoms with E-state index in [9.17, 15) is 4.79 Å². The smallest absolute Gasteiger partial charge is 0.220 e. The predicted octanol–water partition coefficient (Wildman–Crippen LogP) is 3.16. The lowest BCUT2D eigenvalue weighted by atomic mass is 9.91. The van der Waals surface area contributed by atoms with Crippen LogP contribution in [-0.2, 0) is 4.79 Å². The van der Waals surface area contributed by atoms with Gasteiger partial charge in [0.2, 0.25) is 5.91 Å². The standard InChI is InChI=1S/C17H26N2O/c1-13(18)11-12-16(20)19-17(15-9-5-6-10-15)14-7-3-2-4-8-14/h2-4,7-8,13,15,17H,5-6,9-12,18H2,1H3,(H,19,20). The number of nitrogens with one attached hydrogen (secondary N) is 1. The van der Waals surface area contributed by atoms with Gasteiger partial charge in [-0.05, 0) is 37.7 Å². The van der Waals surface area contributed by atoms with Crippen LogP contribution >= 0.6 is 0 Å². The average Bonchev–Trinajstić information content (AvgIpc) is 2.97. The molecule has 2 atom stereocenters. The molecule has 1 saturated carbocycles. The number of carbonyl (C=O) groups excluding carboxylic acids is 1. The van der Waals surface area contributed by atoms with Crippen molar-refractivity contribution in [2.24, 2.45) is 11.7 Å². The molecule has 110 valence electrons. The Kier molecular flexibility index (Phi) is 5.60. The van der Waals surface area contributed by atoms with E-state index in [-0.39, 0.29) is 18.0 Å². The predicted molar refractivity (Wildman–Crippen MR) is 82.2 cm³/mol. The molecule has 0 aromatic heterocycles. The van der Waals surface area contributed by atoms with Crippen LogP contribution in [0.5, 0.6) is 0 Å². The van der Waals surface area contributed by atoms with Gasteiger partial charge in [0.1, 0.15) is 0 Å². The molecule has 0 radical (unpaired) electrons. The molecular formula is C17H26N2O. The van der Waals surface area contributed by atoms with Crippen LogP contribution in [0.1, 0.15) is 57.1 Å². The van der Waals surface area contributed by atoms with Crippen molar-refractivity contribution >= 4 is 5.91 Å². The Bertz CT molecular complexity index is 410. The molecule has 3 heteroatoms. The van der Waals surface area contributed by atoms with Crippen molar-refractivity contribution in [2.75, 3.05) is 0 Å². The molecule has 20 heavy (non-hydrogen) atoms. The van der Waals surface area contributed by atoms with Crippen LogP contribution in [0.4, 0.5) is 0 Å². The van der Waals surface area contributed by atoms with Crippen LogP contribution < -0.4 is 11.1 Å². The molecule has 1 aromatic carbocycles. The van der Waals surface area contributed by atoms with Crippen LogP contribution in [0.25, 0.3) is 0 Å². The Morgan fingerprint density at radius 2 is 1.95 bits per heavy atom. The number of hydrogen-bond donors (Lipinski definition) is 2. The van der Waals surface area contributed by atoms with E-state index < -0.39 is 0 Å². The summed E-state index contributed by atoms with van der Waals surface area (Å²) in [5.41, 5.74) is 6.95. The van der Waals surface area contributed by atoms with Gasteiger partial charge in [-0.1, -0.05) is 43.2 Å². The highest BCUT2D eigenvalue weighted by Crippen LogP contribution is 2.35. The summed E-state index contributed by atoms with van der Waals surface area (Å²) in [5, 5.41) is 3.24. The first kappa shape index (κ1) is 15.0. The fourth-order valence-corrected chi connectivity index (χ4v) is 3.03. The Morgan fingerprint density at radius 3 is 2.55 bits per heavy atom. The molecule has 3 N–H and O–H groups in total. The van der Waals surface area contributed by atoms with Crippen molar-refractivity contribution in [2.45, 2.75) is 57.5 Å². The maximum absolute atomic E-state index is 12.1. The second kappa shape index (κ2) is 7.44. The Balaban J connectivity index is 2.01. The SMILES string of the molecule is CC(N)CCC(=O)NC(c1ccccc1)C1CCCC1. The lowest BCUT2D eigenvalue weighted by Gasteiger charge is -2.25. The van der Waals surface area contributed by atoms with Gasteiger partial charge in [0.25, 0.3) is 0 Å². The van der Waals surface area contributed by atoms with Gasteiger partial charge >= 0.3 is 0 Å². The molecule has 0 heterocycles. The fraction of sp³-hybridized carbons (Fsp3) is 0.588. The first-order valence-corrected chi connectivity index (χ1v) is 7.76. The maximum atomic E-state index is 12.1. The highest BCUT2D eigenvalue weighted by atomic mass is 16.1. The normalized spacial score (nSPS) is 18.7. The van der Waals surface area contributed by atoms with Gasteiger partial charge < -0.3 is 11.1 Å². The maximum Gasteiger partial charge on any atom is 0.220 e. The van der Waals surface area contributed by atoms with Crippen molar-refractivity contribution < 1.29 is 4.79 Å². The minimum absolute atomic E-state index is 0.0856. The van der Waals surface area contributed by atoms with E-state index in [1.165, 1.54) is 31.2 Å². The number of hydrogen-bond acceptors (Lipinski definition) is 2. The number of carbonyl (C=O) groups is 1. The van der Waals surface area contributed by atoms with Crippen molar-refractivity contribution in [3.05, 3.63) is 35.9 Å². The van der Waals surface area contributed by atoms with Gasteiger partial charge in [-0.3, -0.25) is 4.79 Å². The van der Waals surface area contributed by atoms with E-state index in [1.54, 1.807) is 0 Å². The van der Waals surface area contributed by atoms with Gasteiger partial charge in [-0.25, -0.2) is 0 Å². The summed E-state index contributed by atoms with van der Waals surface area (Å²) in [6, 6.07) is 10.6. The third-order valence-corrected chi connectivity index (χ3v) is 4.17. The summed E-state index contributed by atoms with van der Waals surface area (Å²) in [6.45, 7) is 1.94. The van der Waals surface area contributed by atoms with E-state index >= 15 is 0 Å². The van der Waals surface area contributed by atoms with Gasteiger partial charge in [-0.15, -0.1) is 0 Å². The molecular weight excluding hydrogens is 248 g/mol. The molecule has 0 aliphatic heterocycles. The minimum Gasteiger partial charge on any atom is -0.349 e. The van der Waals surface area contributed by atoms with Crippen LogP contribution in [0, 0.1) is 5.92 Å². The van der Waals surface area contributed by atoms with E-state index in [0.717, 1.165) is 6.42 Å². The zero-order valence-corrected chi connectivity index (χ0v) is 12.3. The number of benzene rings is 1. The van der Waals surface area contributed by atoms with Gasteiger partial charge in [0, 0.05) is 12.5 Å². The molecule has 1 amide bonds. The molecule has 2 rings (SSSR count). The molecule has 1 aliphatic carbocycles. The molecule has 0 bridgehead atoms. The Hall–Kier alpha value is -1.35. The summed E-state index contributed by atoms with van der Waals surface area (Å²) in [4.78, 5) is 12.1. The first-order chi connectivity index (χ1) is 9.66. The van der Waals surface area contributed by atoms with Crippen molar-refractivity contribution in [3.63, 3.8) is 0 Å². The summed E-state index contributed by atoms with van der Waals surface area (Å²) in [7, 11) is 0. The zero-order chi connectivity index (χ0) is 14.4. The topological polar surface area (TPSA) is 55.1 Å². The van der Waals surface area contributed by atoms with E-state index in [0.29, 0.717) is 12.3 Å². The molecule has 0 saturated heterocycles. The largest absolute Gasteiger partial charge is 0.349 e. The van der Waals surface area contributed by atoms with Crippen molar-refractivity contribution in [1.29, 1.82) is 0 Å². The van der Waals surface area contributed by atoms with Crippen molar-refractivity contribution in [3.8, 4) is 0 Å². The highest BCUT2D eigenvalue weighted by Gasteiger charge is 2.27. The quantitative estimate of drug-likeness (QED) is 0.837. The number of nitrogens with two attached hydrogens (primary N) is 1. The molecule has 1 fully saturated rings. The zero-order valence-electron chi connectivity index (χ0n) is 12.3. The number of rotatable bonds is 6. The molecule has 3 nitrogen and oxygen atoms in total. The molecule has 1 aromatic rings. The third-order valence-electron chi connectivity index (χ3n) is 4.17. The summed E-state index contributed by atoms with van der Waals surface area (Å²) < 4.78 is 0. The lowest BCUT2D eigenvalue weighted by molar-refractivity contribution is -0.122. The van der Waals surface area contributed by atoms with Crippen LogP contribution in [0.3, 0.4) is 0 Å². The first-order valence-electron chi connectivity index (χ1n) is 7.76. The van der Waals surface area contributed by atoms with Crippen LogP contribution in [0.2, 0.25) is 0 Å². The van der Waals surface area contributed by atoms with Gasteiger partial charge in [0.15, 0.2) is 0 Å². The summed E-state index contributed by atoms with van der Waals surface area (Å²) in [5.74, 6) is 0.708. The van der Waals surface area contributed by atoms with Crippen LogP contribution in [0.15, 0.2) is 30.3 Å². The monoisotopic (exact) mass is 274 g/mol. The molecule has 1 aliphatic rings. The van der Waals surface area contributed by atoms with Gasteiger partial charge in [-0.2, -0.15) is 0 Å². The van der Waals surface area contributed by atoms with E-state index in [1.807, 2.05) is 25.1 Å². The fourth-order valence-electron chi connectivity index (χ4n) is 3.03. The highest BCUT2D eigenvalue weighted by molar-refractivity contribution is 5.76. The van der Waals surface area contributed by atoms with Crippen LogP contribution in [-0.4, -0.2) is 11.9 Å². The molecule has 0 spiro atoms. The minimum atomic E-state index is 0.0856. The Labute approximate surface area is 121 Å². The summed E-state index contributed by atoms with van der Waals surface area (Å²) in [6.07, 6.45) is 6.26.